The third-order valence-electron chi connectivity index (χ3n) is 3.25. The molecule has 2 nitrogen and oxygen atoms in total. The molecule has 0 spiro atoms. The van der Waals surface area contributed by atoms with Crippen LogP contribution in [-0.2, 0) is 4.74 Å². The van der Waals surface area contributed by atoms with E-state index in [0.29, 0.717) is 17.6 Å². The Morgan fingerprint density at radius 1 is 1.43 bits per heavy atom. The van der Waals surface area contributed by atoms with E-state index >= 15 is 0 Å². The van der Waals surface area contributed by atoms with Gasteiger partial charge in [-0.1, -0.05) is 20.8 Å². The number of rotatable bonds is 3. The van der Waals surface area contributed by atoms with Gasteiger partial charge in [-0.2, -0.15) is 0 Å². The molecule has 0 saturated carbocycles. The second-order valence-corrected chi connectivity index (χ2v) is 5.31. The molecule has 0 radical (unpaired) electrons. The van der Waals surface area contributed by atoms with Crippen LogP contribution in [0.15, 0.2) is 0 Å². The van der Waals surface area contributed by atoms with Crippen molar-refractivity contribution in [2.75, 3.05) is 19.6 Å². The molecule has 2 heteroatoms. The van der Waals surface area contributed by atoms with Crippen LogP contribution >= 0.6 is 0 Å². The average Bonchev–Trinajstić information content (AvgIpc) is 2.08. The molecule has 1 rings (SSSR count). The number of piperidine rings is 1. The van der Waals surface area contributed by atoms with Crippen molar-refractivity contribution >= 4 is 0 Å². The highest BCUT2D eigenvalue weighted by Gasteiger charge is 2.36. The first-order valence-electron chi connectivity index (χ1n) is 5.83. The lowest BCUT2D eigenvalue weighted by atomic mass is 9.80. The summed E-state index contributed by atoms with van der Waals surface area (Å²) in [6.45, 7) is 14.6. The van der Waals surface area contributed by atoms with Crippen molar-refractivity contribution in [2.24, 2.45) is 5.41 Å². The summed E-state index contributed by atoms with van der Waals surface area (Å²) in [5, 5.41) is 0. The van der Waals surface area contributed by atoms with E-state index in [2.05, 4.69) is 39.5 Å². The maximum Gasteiger partial charge on any atom is 0.0756 e. The Labute approximate surface area is 88.6 Å². The molecule has 1 aliphatic heterocycles. The van der Waals surface area contributed by atoms with E-state index < -0.39 is 0 Å². The van der Waals surface area contributed by atoms with Gasteiger partial charge in [0.15, 0.2) is 0 Å². The second kappa shape index (κ2) is 4.63. The molecule has 14 heavy (non-hydrogen) atoms. The molecule has 0 amide bonds. The molecule has 84 valence electrons. The molecule has 0 aromatic heterocycles. The number of hydrogen-bond donors (Lipinski definition) is 0. The van der Waals surface area contributed by atoms with Crippen LogP contribution in [0.25, 0.3) is 0 Å². The molecule has 1 atom stereocenters. The molecule has 0 N–H and O–H groups in total. The van der Waals surface area contributed by atoms with Crippen molar-refractivity contribution in [1.82, 2.24) is 4.90 Å². The number of hydrogen-bond acceptors (Lipinski definition) is 2. The Bertz CT molecular complexity index is 177. The fourth-order valence-corrected chi connectivity index (χ4v) is 2.02. The van der Waals surface area contributed by atoms with Gasteiger partial charge in [-0.25, -0.2) is 0 Å². The van der Waals surface area contributed by atoms with Gasteiger partial charge in [0.05, 0.1) is 12.2 Å². The van der Waals surface area contributed by atoms with E-state index in [9.17, 15) is 0 Å². The smallest absolute Gasteiger partial charge is 0.0756 e. The largest absolute Gasteiger partial charge is 0.374 e. The maximum atomic E-state index is 6.00. The minimum absolute atomic E-state index is 0.343. The third kappa shape index (κ3) is 2.96. The summed E-state index contributed by atoms with van der Waals surface area (Å²) in [5.74, 6) is 0. The first-order valence-corrected chi connectivity index (χ1v) is 5.83. The first-order chi connectivity index (χ1) is 6.45. The zero-order valence-corrected chi connectivity index (χ0v) is 10.3. The molecule has 1 saturated heterocycles. The summed E-state index contributed by atoms with van der Waals surface area (Å²) < 4.78 is 6.00. The van der Waals surface area contributed by atoms with E-state index in [1.54, 1.807) is 0 Å². The number of ether oxygens (including phenoxy) is 1. The topological polar surface area (TPSA) is 12.5 Å². The molecule has 1 heterocycles. The minimum Gasteiger partial charge on any atom is -0.374 e. The van der Waals surface area contributed by atoms with Crippen LogP contribution in [0.2, 0.25) is 0 Å². The van der Waals surface area contributed by atoms with Gasteiger partial charge in [-0.05, 0) is 38.8 Å². The Hall–Kier alpha value is -0.0800. The van der Waals surface area contributed by atoms with Crippen LogP contribution in [0, 0.1) is 5.41 Å². The lowest BCUT2D eigenvalue weighted by Gasteiger charge is -2.44. The number of likely N-dealkylation sites (N-methyl/N-ethyl adjacent to an activating group) is 1. The van der Waals surface area contributed by atoms with Crippen molar-refractivity contribution < 1.29 is 4.74 Å². The van der Waals surface area contributed by atoms with Crippen LogP contribution in [0.5, 0.6) is 0 Å². The van der Waals surface area contributed by atoms with Crippen molar-refractivity contribution in [2.45, 2.75) is 53.2 Å². The van der Waals surface area contributed by atoms with Crippen molar-refractivity contribution in [1.29, 1.82) is 0 Å². The summed E-state index contributed by atoms with van der Waals surface area (Å²) in [6.07, 6.45) is 1.99. The molecule has 0 aromatic rings. The van der Waals surface area contributed by atoms with Gasteiger partial charge >= 0.3 is 0 Å². The summed E-state index contributed by atoms with van der Waals surface area (Å²) in [6, 6.07) is 0. The standard InChI is InChI=1S/C12H25NO/c1-6-13-8-7-12(4,5)11(9-13)14-10(2)3/h10-11H,6-9H2,1-5H3. The highest BCUT2D eigenvalue weighted by atomic mass is 16.5. The number of nitrogens with zero attached hydrogens (tertiary/aromatic N) is 1. The fourth-order valence-electron chi connectivity index (χ4n) is 2.02. The van der Waals surface area contributed by atoms with E-state index in [1.165, 1.54) is 13.0 Å². The second-order valence-electron chi connectivity index (χ2n) is 5.31. The average molecular weight is 199 g/mol. The highest BCUT2D eigenvalue weighted by molar-refractivity contribution is 4.87. The molecule has 0 bridgehead atoms. The molecular weight excluding hydrogens is 174 g/mol. The highest BCUT2D eigenvalue weighted by Crippen LogP contribution is 2.33. The Morgan fingerprint density at radius 3 is 2.57 bits per heavy atom. The van der Waals surface area contributed by atoms with Crippen molar-refractivity contribution in [3.8, 4) is 0 Å². The maximum absolute atomic E-state index is 6.00. The molecular formula is C12H25NO. The lowest BCUT2D eigenvalue weighted by molar-refractivity contribution is -0.0977. The predicted octanol–water partition coefficient (Wildman–Crippen LogP) is 2.53. The van der Waals surface area contributed by atoms with Crippen molar-refractivity contribution in [3.63, 3.8) is 0 Å². The van der Waals surface area contributed by atoms with Crippen LogP contribution in [0.4, 0.5) is 0 Å². The van der Waals surface area contributed by atoms with Gasteiger partial charge < -0.3 is 9.64 Å². The minimum atomic E-state index is 0.343. The summed E-state index contributed by atoms with van der Waals surface area (Å²) >= 11 is 0. The number of likely N-dealkylation sites (tertiary alicyclic amines) is 1. The zero-order chi connectivity index (χ0) is 10.8. The first kappa shape index (κ1) is 12.0. The summed E-state index contributed by atoms with van der Waals surface area (Å²) in [4.78, 5) is 2.48. The third-order valence-corrected chi connectivity index (χ3v) is 3.25. The zero-order valence-electron chi connectivity index (χ0n) is 10.3. The van der Waals surface area contributed by atoms with Crippen LogP contribution in [0.1, 0.15) is 41.0 Å². The van der Waals surface area contributed by atoms with Gasteiger partial charge in [0.1, 0.15) is 0 Å². The van der Waals surface area contributed by atoms with E-state index in [4.69, 9.17) is 4.74 Å². The molecule has 1 aliphatic rings. The van der Waals surface area contributed by atoms with Gasteiger partial charge in [0, 0.05) is 6.54 Å². The summed E-state index contributed by atoms with van der Waals surface area (Å²) in [7, 11) is 0. The van der Waals surface area contributed by atoms with E-state index in [0.717, 1.165) is 13.1 Å². The molecule has 0 aliphatic carbocycles. The Morgan fingerprint density at radius 2 is 2.07 bits per heavy atom. The van der Waals surface area contributed by atoms with E-state index in [-0.39, 0.29) is 0 Å². The van der Waals surface area contributed by atoms with Gasteiger partial charge in [-0.3, -0.25) is 0 Å². The van der Waals surface area contributed by atoms with Crippen LogP contribution in [0.3, 0.4) is 0 Å². The summed E-state index contributed by atoms with van der Waals surface area (Å²) in [5.41, 5.74) is 0.343. The van der Waals surface area contributed by atoms with Crippen molar-refractivity contribution in [3.05, 3.63) is 0 Å². The Balaban J connectivity index is 2.56. The van der Waals surface area contributed by atoms with Gasteiger partial charge in [-0.15, -0.1) is 0 Å². The van der Waals surface area contributed by atoms with Gasteiger partial charge in [0.25, 0.3) is 0 Å². The van der Waals surface area contributed by atoms with Crippen LogP contribution < -0.4 is 0 Å². The quantitative estimate of drug-likeness (QED) is 0.692. The molecule has 0 aromatic carbocycles. The molecule has 1 unspecified atom stereocenters. The normalized spacial score (nSPS) is 28.3. The monoisotopic (exact) mass is 199 g/mol. The van der Waals surface area contributed by atoms with E-state index in [1.807, 2.05) is 0 Å². The lowest BCUT2D eigenvalue weighted by Crippen LogP contribution is -2.50. The predicted molar refractivity (Wildman–Crippen MR) is 60.5 cm³/mol. The molecule has 1 fully saturated rings. The Kier molecular flexibility index (Phi) is 3.96. The van der Waals surface area contributed by atoms with Crippen LogP contribution in [-0.4, -0.2) is 36.7 Å². The SMILES string of the molecule is CCN1CCC(C)(C)C(OC(C)C)C1. The fraction of sp³-hybridized carbons (Fsp3) is 1.00. The van der Waals surface area contributed by atoms with Gasteiger partial charge in [0.2, 0.25) is 0 Å².